The summed E-state index contributed by atoms with van der Waals surface area (Å²) < 4.78 is 0. The van der Waals surface area contributed by atoms with Crippen LogP contribution in [0.15, 0.2) is 24.3 Å². The number of hydrogen-bond acceptors (Lipinski definition) is 2. The number of nitrogens with one attached hydrogen (secondary N) is 1. The number of anilines is 1. The number of hydrogen-bond donors (Lipinski definition) is 2. The molecular formula is C15H24N2O. The van der Waals surface area contributed by atoms with Gasteiger partial charge in [-0.25, -0.2) is 0 Å². The van der Waals surface area contributed by atoms with Crippen LogP contribution in [0.4, 0.5) is 5.69 Å². The normalized spacial score (nSPS) is 13.2. The molecule has 3 N–H and O–H groups in total. The lowest BCUT2D eigenvalue weighted by Crippen LogP contribution is -2.24. The Kier molecular flexibility index (Phi) is 4.91. The molecule has 3 heteroatoms. The first-order valence-electron chi connectivity index (χ1n) is 6.46. The van der Waals surface area contributed by atoms with E-state index in [0.717, 1.165) is 11.3 Å². The Morgan fingerprint density at radius 1 is 1.33 bits per heavy atom. The molecule has 1 aromatic rings. The summed E-state index contributed by atoms with van der Waals surface area (Å²) in [5, 5.41) is 3.01. The minimum absolute atomic E-state index is 0.0149. The highest BCUT2D eigenvalue weighted by Crippen LogP contribution is 2.29. The average molecular weight is 248 g/mol. The molecule has 0 aliphatic carbocycles. The first-order valence-corrected chi connectivity index (χ1v) is 6.46. The smallest absolute Gasteiger partial charge is 0.227 e. The summed E-state index contributed by atoms with van der Waals surface area (Å²) in [5.41, 5.74) is 7.55. The summed E-state index contributed by atoms with van der Waals surface area (Å²) in [6, 6.07) is 7.95. The van der Waals surface area contributed by atoms with Crippen molar-refractivity contribution in [2.75, 3.05) is 11.9 Å². The Morgan fingerprint density at radius 2 is 1.94 bits per heavy atom. The van der Waals surface area contributed by atoms with E-state index in [0.29, 0.717) is 13.0 Å². The van der Waals surface area contributed by atoms with E-state index < -0.39 is 0 Å². The monoisotopic (exact) mass is 248 g/mol. The molecule has 1 aromatic carbocycles. The second-order valence-corrected chi connectivity index (χ2v) is 5.76. The number of carbonyl (C=O) groups excluding carboxylic acids is 1. The second kappa shape index (κ2) is 6.01. The number of amides is 1. The summed E-state index contributed by atoms with van der Waals surface area (Å²) in [5.74, 6) is -0.0137. The van der Waals surface area contributed by atoms with Crippen molar-refractivity contribution in [1.29, 1.82) is 0 Å². The molecule has 1 rings (SSSR count). The molecule has 18 heavy (non-hydrogen) atoms. The largest absolute Gasteiger partial charge is 0.330 e. The lowest BCUT2D eigenvalue weighted by Gasteiger charge is -2.23. The van der Waals surface area contributed by atoms with Gasteiger partial charge in [0, 0.05) is 11.6 Å². The molecule has 100 valence electrons. The van der Waals surface area contributed by atoms with E-state index in [9.17, 15) is 4.79 Å². The van der Waals surface area contributed by atoms with E-state index in [-0.39, 0.29) is 17.2 Å². The molecule has 3 nitrogen and oxygen atoms in total. The van der Waals surface area contributed by atoms with Gasteiger partial charge in [0.1, 0.15) is 0 Å². The zero-order valence-electron chi connectivity index (χ0n) is 11.8. The zero-order valence-corrected chi connectivity index (χ0v) is 11.8. The Morgan fingerprint density at radius 3 is 2.50 bits per heavy atom. The van der Waals surface area contributed by atoms with Crippen LogP contribution >= 0.6 is 0 Å². The van der Waals surface area contributed by atoms with Gasteiger partial charge in [-0.2, -0.15) is 0 Å². The molecule has 0 aromatic heterocycles. The minimum Gasteiger partial charge on any atom is -0.330 e. The minimum atomic E-state index is -0.0528. The van der Waals surface area contributed by atoms with Crippen LogP contribution < -0.4 is 11.1 Å². The predicted molar refractivity (Wildman–Crippen MR) is 76.6 cm³/mol. The van der Waals surface area contributed by atoms with E-state index >= 15 is 0 Å². The molecule has 0 spiro atoms. The van der Waals surface area contributed by atoms with Gasteiger partial charge >= 0.3 is 0 Å². The Labute approximate surface area is 110 Å². The van der Waals surface area contributed by atoms with Crippen molar-refractivity contribution in [2.45, 2.75) is 39.5 Å². The SMILES string of the molecule is CC(CCN)C(=O)Nc1ccccc1C(C)(C)C. The first-order chi connectivity index (χ1) is 8.36. The van der Waals surface area contributed by atoms with Crippen LogP contribution in [-0.2, 0) is 10.2 Å². The maximum absolute atomic E-state index is 12.0. The third-order valence-electron chi connectivity index (χ3n) is 3.04. The van der Waals surface area contributed by atoms with Crippen molar-refractivity contribution in [3.8, 4) is 0 Å². The summed E-state index contributed by atoms with van der Waals surface area (Å²) in [4.78, 5) is 12.0. The molecule has 0 saturated carbocycles. The van der Waals surface area contributed by atoms with Crippen molar-refractivity contribution in [2.24, 2.45) is 11.7 Å². The van der Waals surface area contributed by atoms with Gasteiger partial charge in [0.25, 0.3) is 0 Å². The molecular weight excluding hydrogens is 224 g/mol. The first kappa shape index (κ1) is 14.7. The highest BCUT2D eigenvalue weighted by atomic mass is 16.1. The standard InChI is InChI=1S/C15H24N2O/c1-11(9-10-16)14(18)17-13-8-6-5-7-12(13)15(2,3)4/h5-8,11H,9-10,16H2,1-4H3,(H,17,18). The van der Waals surface area contributed by atoms with Gasteiger partial charge in [0.05, 0.1) is 0 Å². The molecule has 0 radical (unpaired) electrons. The molecule has 1 amide bonds. The topological polar surface area (TPSA) is 55.1 Å². The highest BCUT2D eigenvalue weighted by molar-refractivity contribution is 5.93. The Bertz CT molecular complexity index is 407. The van der Waals surface area contributed by atoms with Gasteiger partial charge in [0.2, 0.25) is 5.91 Å². The van der Waals surface area contributed by atoms with Crippen molar-refractivity contribution >= 4 is 11.6 Å². The van der Waals surface area contributed by atoms with Gasteiger partial charge in [-0.05, 0) is 30.0 Å². The van der Waals surface area contributed by atoms with E-state index in [4.69, 9.17) is 5.73 Å². The van der Waals surface area contributed by atoms with Gasteiger partial charge < -0.3 is 11.1 Å². The predicted octanol–water partition coefficient (Wildman–Crippen LogP) is 2.91. The zero-order chi connectivity index (χ0) is 13.8. The van der Waals surface area contributed by atoms with Crippen LogP contribution in [0.2, 0.25) is 0 Å². The van der Waals surface area contributed by atoms with Crippen molar-refractivity contribution in [3.63, 3.8) is 0 Å². The summed E-state index contributed by atoms with van der Waals surface area (Å²) in [7, 11) is 0. The van der Waals surface area contributed by atoms with Crippen LogP contribution in [0.3, 0.4) is 0 Å². The number of nitrogens with two attached hydrogens (primary N) is 1. The lowest BCUT2D eigenvalue weighted by molar-refractivity contribution is -0.119. The second-order valence-electron chi connectivity index (χ2n) is 5.76. The fourth-order valence-electron chi connectivity index (χ4n) is 1.88. The van der Waals surface area contributed by atoms with Crippen molar-refractivity contribution < 1.29 is 4.79 Å². The molecule has 1 unspecified atom stereocenters. The third kappa shape index (κ3) is 3.84. The molecule has 0 bridgehead atoms. The fourth-order valence-corrected chi connectivity index (χ4v) is 1.88. The molecule has 0 saturated heterocycles. The number of benzene rings is 1. The van der Waals surface area contributed by atoms with E-state index in [2.05, 4.69) is 32.2 Å². The van der Waals surface area contributed by atoms with Crippen LogP contribution in [0.5, 0.6) is 0 Å². The summed E-state index contributed by atoms with van der Waals surface area (Å²) in [6.45, 7) is 8.86. The maximum atomic E-state index is 12.0. The summed E-state index contributed by atoms with van der Waals surface area (Å²) >= 11 is 0. The molecule has 1 atom stereocenters. The van der Waals surface area contributed by atoms with Gasteiger partial charge in [-0.1, -0.05) is 45.9 Å². The van der Waals surface area contributed by atoms with Gasteiger partial charge in [-0.3, -0.25) is 4.79 Å². The average Bonchev–Trinajstić information content (AvgIpc) is 2.28. The molecule has 0 aliphatic rings. The van der Waals surface area contributed by atoms with Crippen LogP contribution in [-0.4, -0.2) is 12.5 Å². The number of para-hydroxylation sites is 1. The van der Waals surface area contributed by atoms with E-state index in [1.807, 2.05) is 25.1 Å². The number of carbonyl (C=O) groups is 1. The fraction of sp³-hybridized carbons (Fsp3) is 0.533. The maximum Gasteiger partial charge on any atom is 0.227 e. The van der Waals surface area contributed by atoms with E-state index in [1.54, 1.807) is 0 Å². The van der Waals surface area contributed by atoms with Gasteiger partial charge in [0.15, 0.2) is 0 Å². The van der Waals surface area contributed by atoms with E-state index in [1.165, 1.54) is 0 Å². The Balaban J connectivity index is 2.88. The molecule has 0 aliphatic heterocycles. The van der Waals surface area contributed by atoms with Gasteiger partial charge in [-0.15, -0.1) is 0 Å². The van der Waals surface area contributed by atoms with Crippen molar-refractivity contribution in [1.82, 2.24) is 0 Å². The van der Waals surface area contributed by atoms with Crippen LogP contribution in [0.1, 0.15) is 39.7 Å². The Hall–Kier alpha value is -1.35. The molecule has 0 heterocycles. The third-order valence-corrected chi connectivity index (χ3v) is 3.04. The molecule has 0 fully saturated rings. The number of rotatable bonds is 4. The van der Waals surface area contributed by atoms with Crippen LogP contribution in [0, 0.1) is 5.92 Å². The van der Waals surface area contributed by atoms with Crippen LogP contribution in [0.25, 0.3) is 0 Å². The summed E-state index contributed by atoms with van der Waals surface area (Å²) in [6.07, 6.45) is 0.712. The van der Waals surface area contributed by atoms with Crippen molar-refractivity contribution in [3.05, 3.63) is 29.8 Å². The highest BCUT2D eigenvalue weighted by Gasteiger charge is 2.20. The lowest BCUT2D eigenvalue weighted by atomic mass is 9.85. The quantitative estimate of drug-likeness (QED) is 0.860.